The molecule has 4 rings (SSSR count). The Labute approximate surface area is 217 Å². The fourth-order valence-electron chi connectivity index (χ4n) is 4.18. The second kappa shape index (κ2) is 12.7. The summed E-state index contributed by atoms with van der Waals surface area (Å²) in [6, 6.07) is 20.9. The smallest absolute Gasteiger partial charge is 0.251 e. The van der Waals surface area contributed by atoms with Crippen molar-refractivity contribution < 1.29 is 23.7 Å². The fourth-order valence-corrected chi connectivity index (χ4v) is 4.18. The first-order valence-corrected chi connectivity index (χ1v) is 12.3. The summed E-state index contributed by atoms with van der Waals surface area (Å²) >= 11 is 0. The number of imidazole rings is 1. The Kier molecular flexibility index (Phi) is 8.86. The van der Waals surface area contributed by atoms with Crippen molar-refractivity contribution in [3.63, 3.8) is 0 Å². The van der Waals surface area contributed by atoms with Gasteiger partial charge in [-0.15, -0.1) is 0 Å². The van der Waals surface area contributed by atoms with Gasteiger partial charge < -0.3 is 28.8 Å². The number of methoxy groups -OCH3 is 3. The molecule has 0 saturated heterocycles. The number of para-hydroxylation sites is 2. The van der Waals surface area contributed by atoms with Crippen LogP contribution in [0.1, 0.15) is 29.0 Å². The van der Waals surface area contributed by atoms with E-state index < -0.39 is 0 Å². The van der Waals surface area contributed by atoms with Crippen LogP contribution in [0, 0.1) is 0 Å². The minimum atomic E-state index is -0.148. The first-order chi connectivity index (χ1) is 18.1. The first kappa shape index (κ1) is 25.9. The third-order valence-electron chi connectivity index (χ3n) is 6.10. The Hall–Kier alpha value is -4.20. The lowest BCUT2D eigenvalue weighted by Crippen LogP contribution is -2.25. The molecule has 1 amide bonds. The molecule has 0 unspecified atom stereocenters. The topological polar surface area (TPSA) is 83.8 Å². The lowest BCUT2D eigenvalue weighted by atomic mass is 10.2. The molecule has 37 heavy (non-hydrogen) atoms. The number of carbonyl (C=O) groups excluding carboxylic acids is 1. The van der Waals surface area contributed by atoms with Crippen LogP contribution in [-0.4, -0.2) is 49.9 Å². The van der Waals surface area contributed by atoms with E-state index in [-0.39, 0.29) is 5.91 Å². The summed E-state index contributed by atoms with van der Waals surface area (Å²) in [7, 11) is 4.77. The minimum Gasteiger partial charge on any atom is -0.497 e. The molecule has 0 aliphatic rings. The second-order valence-corrected chi connectivity index (χ2v) is 8.48. The minimum absolute atomic E-state index is 0.148. The van der Waals surface area contributed by atoms with E-state index in [0.29, 0.717) is 30.2 Å². The Morgan fingerprint density at radius 1 is 0.865 bits per heavy atom. The van der Waals surface area contributed by atoms with Gasteiger partial charge in [-0.2, -0.15) is 0 Å². The summed E-state index contributed by atoms with van der Waals surface area (Å²) in [5.74, 6) is 3.60. The van der Waals surface area contributed by atoms with Crippen molar-refractivity contribution in [3.05, 3.63) is 78.1 Å². The average Bonchev–Trinajstić information content (AvgIpc) is 3.30. The molecular formula is C29H33N3O5. The molecule has 3 aromatic carbocycles. The van der Waals surface area contributed by atoms with Crippen LogP contribution in [0.5, 0.6) is 23.0 Å². The van der Waals surface area contributed by atoms with Crippen molar-refractivity contribution in [2.75, 3.05) is 34.5 Å². The molecule has 194 valence electrons. The number of hydrogen-bond acceptors (Lipinski definition) is 6. The monoisotopic (exact) mass is 503 g/mol. The zero-order valence-corrected chi connectivity index (χ0v) is 21.5. The van der Waals surface area contributed by atoms with Crippen molar-refractivity contribution in [1.82, 2.24) is 14.9 Å². The van der Waals surface area contributed by atoms with Gasteiger partial charge in [0.05, 0.1) is 39.0 Å². The largest absolute Gasteiger partial charge is 0.497 e. The van der Waals surface area contributed by atoms with E-state index in [0.717, 1.165) is 54.2 Å². The van der Waals surface area contributed by atoms with E-state index in [9.17, 15) is 4.79 Å². The molecule has 0 aliphatic heterocycles. The number of aromatic nitrogens is 2. The molecule has 0 spiro atoms. The number of rotatable bonds is 13. The van der Waals surface area contributed by atoms with Gasteiger partial charge in [0.1, 0.15) is 17.3 Å². The quantitative estimate of drug-likeness (QED) is 0.262. The van der Waals surface area contributed by atoms with Crippen molar-refractivity contribution in [2.45, 2.75) is 25.8 Å². The highest BCUT2D eigenvalue weighted by molar-refractivity contribution is 5.94. The summed E-state index contributed by atoms with van der Waals surface area (Å²) < 4.78 is 23.9. The summed E-state index contributed by atoms with van der Waals surface area (Å²) in [5, 5.41) is 2.99. The molecule has 1 aromatic heterocycles. The Bertz CT molecular complexity index is 1320. The Balaban J connectivity index is 1.31. The van der Waals surface area contributed by atoms with Crippen LogP contribution in [0.15, 0.2) is 66.7 Å². The van der Waals surface area contributed by atoms with Gasteiger partial charge in [-0.05, 0) is 67.4 Å². The number of fused-ring (bicyclic) bond motifs is 1. The second-order valence-electron chi connectivity index (χ2n) is 8.48. The normalized spacial score (nSPS) is 10.8. The predicted octanol–water partition coefficient (Wildman–Crippen LogP) is 4.89. The van der Waals surface area contributed by atoms with E-state index in [1.165, 1.54) is 0 Å². The molecule has 0 fully saturated rings. The standard InChI is InChI=1S/C29H33N3O5/c1-34-22-12-14-23(15-13-22)37-19-7-18-32-25-9-5-4-8-24(25)31-28(32)10-6-17-30-29(33)21-11-16-26(35-2)27(20-21)36-3/h4-5,8-9,11-16,20H,6-7,10,17-19H2,1-3H3,(H,30,33). The van der Waals surface area contributed by atoms with Crippen molar-refractivity contribution in [1.29, 1.82) is 0 Å². The highest BCUT2D eigenvalue weighted by Gasteiger charge is 2.12. The molecule has 1 N–H and O–H groups in total. The molecule has 8 nitrogen and oxygen atoms in total. The van der Waals surface area contributed by atoms with Crippen LogP contribution >= 0.6 is 0 Å². The number of nitrogens with zero attached hydrogens (tertiary/aromatic N) is 2. The van der Waals surface area contributed by atoms with Crippen LogP contribution in [0.2, 0.25) is 0 Å². The maximum atomic E-state index is 12.6. The van der Waals surface area contributed by atoms with Gasteiger partial charge in [0, 0.05) is 25.1 Å². The van der Waals surface area contributed by atoms with Crippen molar-refractivity contribution >= 4 is 16.9 Å². The van der Waals surface area contributed by atoms with Crippen LogP contribution in [0.25, 0.3) is 11.0 Å². The van der Waals surface area contributed by atoms with Crippen LogP contribution < -0.4 is 24.3 Å². The molecule has 0 radical (unpaired) electrons. The fraction of sp³-hybridized carbons (Fsp3) is 0.310. The van der Waals surface area contributed by atoms with Crippen molar-refractivity contribution in [2.24, 2.45) is 0 Å². The number of nitrogens with one attached hydrogen (secondary N) is 1. The number of ether oxygens (including phenoxy) is 4. The zero-order valence-electron chi connectivity index (χ0n) is 21.5. The Morgan fingerprint density at radius 2 is 1.62 bits per heavy atom. The highest BCUT2D eigenvalue weighted by atomic mass is 16.5. The number of amides is 1. The molecule has 0 atom stereocenters. The van der Waals surface area contributed by atoms with Gasteiger partial charge in [-0.3, -0.25) is 4.79 Å². The maximum absolute atomic E-state index is 12.6. The van der Waals surface area contributed by atoms with E-state index in [2.05, 4.69) is 16.0 Å². The SMILES string of the molecule is COc1ccc(OCCCn2c(CCCNC(=O)c3ccc(OC)c(OC)c3)nc3ccccc32)cc1. The lowest BCUT2D eigenvalue weighted by molar-refractivity contribution is 0.0952. The number of benzene rings is 3. The molecular weight excluding hydrogens is 470 g/mol. The van der Waals surface area contributed by atoms with Crippen molar-refractivity contribution in [3.8, 4) is 23.0 Å². The zero-order chi connectivity index (χ0) is 26.0. The lowest BCUT2D eigenvalue weighted by Gasteiger charge is -2.12. The average molecular weight is 504 g/mol. The Morgan fingerprint density at radius 3 is 2.38 bits per heavy atom. The van der Waals surface area contributed by atoms with Crippen LogP contribution in [0.3, 0.4) is 0 Å². The number of hydrogen-bond donors (Lipinski definition) is 1. The summed E-state index contributed by atoms with van der Waals surface area (Å²) in [6.45, 7) is 1.93. The molecule has 0 bridgehead atoms. The van der Waals surface area contributed by atoms with E-state index in [4.69, 9.17) is 23.9 Å². The summed E-state index contributed by atoms with van der Waals surface area (Å²) in [6.07, 6.45) is 2.36. The van der Waals surface area contributed by atoms with Crippen LogP contribution in [-0.2, 0) is 13.0 Å². The molecule has 8 heteroatoms. The summed E-state index contributed by atoms with van der Waals surface area (Å²) in [4.78, 5) is 17.5. The third-order valence-corrected chi connectivity index (χ3v) is 6.10. The van der Waals surface area contributed by atoms with Gasteiger partial charge in [0.25, 0.3) is 5.91 Å². The number of carbonyl (C=O) groups is 1. The highest BCUT2D eigenvalue weighted by Crippen LogP contribution is 2.27. The van der Waals surface area contributed by atoms with Gasteiger partial charge >= 0.3 is 0 Å². The maximum Gasteiger partial charge on any atom is 0.251 e. The van der Waals surface area contributed by atoms with Gasteiger partial charge in [0.2, 0.25) is 0 Å². The molecule has 0 aliphatic carbocycles. The van der Waals surface area contributed by atoms with Gasteiger partial charge in [0.15, 0.2) is 11.5 Å². The first-order valence-electron chi connectivity index (χ1n) is 12.3. The van der Waals surface area contributed by atoms with Gasteiger partial charge in [-0.25, -0.2) is 4.98 Å². The third kappa shape index (κ3) is 6.52. The molecule has 4 aromatic rings. The summed E-state index contributed by atoms with van der Waals surface area (Å²) in [5.41, 5.74) is 2.61. The molecule has 1 heterocycles. The molecule has 0 saturated carbocycles. The van der Waals surface area contributed by atoms with Crippen LogP contribution in [0.4, 0.5) is 0 Å². The van der Waals surface area contributed by atoms with E-state index >= 15 is 0 Å². The van der Waals surface area contributed by atoms with Gasteiger partial charge in [-0.1, -0.05) is 12.1 Å². The van der Waals surface area contributed by atoms with E-state index in [1.54, 1.807) is 39.5 Å². The van der Waals surface area contributed by atoms with E-state index in [1.807, 2.05) is 42.5 Å². The number of aryl methyl sites for hydroxylation is 2. The predicted molar refractivity (Wildman–Crippen MR) is 143 cm³/mol.